The average Bonchev–Trinajstić information content (AvgIpc) is 2.77. The number of rotatable bonds is 7. The van der Waals surface area contributed by atoms with Crippen molar-refractivity contribution in [1.29, 1.82) is 0 Å². The third kappa shape index (κ3) is 4.18. The molecule has 156 valence electrons. The van der Waals surface area contributed by atoms with E-state index in [-0.39, 0.29) is 23.8 Å². The van der Waals surface area contributed by atoms with E-state index in [9.17, 15) is 9.90 Å². The Hall–Kier alpha value is -3.26. The van der Waals surface area contributed by atoms with Crippen molar-refractivity contribution in [2.45, 2.75) is 6.54 Å². The van der Waals surface area contributed by atoms with Gasteiger partial charge in [-0.25, -0.2) is 0 Å². The van der Waals surface area contributed by atoms with E-state index >= 15 is 0 Å². The summed E-state index contributed by atoms with van der Waals surface area (Å²) in [6, 6.07) is 13.6. The number of pyridine rings is 1. The zero-order valence-electron chi connectivity index (χ0n) is 16.8. The number of anilines is 1. The number of nitrogens with zero attached hydrogens (tertiary/aromatic N) is 2. The summed E-state index contributed by atoms with van der Waals surface area (Å²) in [6.45, 7) is 0.153. The molecule has 0 radical (unpaired) electrons. The number of phenolic OH excluding ortho intramolecular Hbond substituents is 1. The molecule has 0 atom stereocenters. The molecule has 30 heavy (non-hydrogen) atoms. The Kier molecular flexibility index (Phi) is 6.79. The Morgan fingerprint density at radius 3 is 2.33 bits per heavy atom. The van der Waals surface area contributed by atoms with Crippen LogP contribution in [0.25, 0.3) is 0 Å². The number of aromatic nitrogens is 1. The molecular weight excluding hydrogens is 452 g/mol. The summed E-state index contributed by atoms with van der Waals surface area (Å²) in [5.41, 5.74) is 1.30. The van der Waals surface area contributed by atoms with Crippen LogP contribution in [-0.4, -0.2) is 37.3 Å². The van der Waals surface area contributed by atoms with Gasteiger partial charge in [0, 0.05) is 6.20 Å². The zero-order valence-corrected chi connectivity index (χ0v) is 18.3. The molecule has 3 aromatic rings. The number of halogens is 1. The lowest BCUT2D eigenvalue weighted by molar-refractivity contribution is 0.0982. The second-order valence-corrected chi connectivity index (χ2v) is 7.00. The molecule has 1 amide bonds. The number of hydrogen-bond donors (Lipinski definition) is 1. The number of benzene rings is 2. The fourth-order valence-electron chi connectivity index (χ4n) is 3.03. The molecule has 2 aromatic carbocycles. The van der Waals surface area contributed by atoms with E-state index in [2.05, 4.69) is 20.9 Å². The minimum Gasteiger partial charge on any atom is -0.506 e. The molecule has 0 fully saturated rings. The Bertz CT molecular complexity index is 1040. The summed E-state index contributed by atoms with van der Waals surface area (Å²) in [7, 11) is 4.45. The van der Waals surface area contributed by atoms with Gasteiger partial charge < -0.3 is 19.3 Å². The Morgan fingerprint density at radius 1 is 1.03 bits per heavy atom. The van der Waals surface area contributed by atoms with Crippen LogP contribution in [0.4, 0.5) is 5.69 Å². The number of amides is 1. The van der Waals surface area contributed by atoms with Crippen LogP contribution in [0.15, 0.2) is 59.2 Å². The summed E-state index contributed by atoms with van der Waals surface area (Å²) >= 11 is 3.46. The van der Waals surface area contributed by atoms with Gasteiger partial charge in [0.25, 0.3) is 5.91 Å². The molecule has 1 aromatic heterocycles. The molecule has 0 spiro atoms. The molecule has 0 bridgehead atoms. The standard InChI is InChI=1S/C22H21BrN2O5/c1-28-18-12-15(19(23)21(30-3)20(18)29-2)22(27)25(13-14-8-6-7-11-24-14)16-9-4-5-10-17(16)26/h4-12,26H,13H2,1-3H3. The maximum atomic E-state index is 13.7. The smallest absolute Gasteiger partial charge is 0.260 e. The van der Waals surface area contributed by atoms with Gasteiger partial charge in [0.1, 0.15) is 5.75 Å². The highest BCUT2D eigenvalue weighted by Gasteiger charge is 2.28. The number of phenols is 1. The first-order valence-corrected chi connectivity index (χ1v) is 9.79. The van der Waals surface area contributed by atoms with Crippen LogP contribution in [-0.2, 0) is 6.54 Å². The van der Waals surface area contributed by atoms with Gasteiger partial charge in [0.05, 0.1) is 49.3 Å². The second-order valence-electron chi connectivity index (χ2n) is 6.21. The van der Waals surface area contributed by atoms with Gasteiger partial charge in [0.15, 0.2) is 11.5 Å². The third-order valence-corrected chi connectivity index (χ3v) is 5.25. The van der Waals surface area contributed by atoms with Crippen molar-refractivity contribution < 1.29 is 24.1 Å². The van der Waals surface area contributed by atoms with E-state index in [0.29, 0.717) is 33.1 Å². The molecule has 0 aliphatic heterocycles. The summed E-state index contributed by atoms with van der Waals surface area (Å²) < 4.78 is 16.6. The van der Waals surface area contributed by atoms with Crippen molar-refractivity contribution in [3.63, 3.8) is 0 Å². The molecular formula is C22H21BrN2O5. The Morgan fingerprint density at radius 2 is 1.73 bits per heavy atom. The van der Waals surface area contributed by atoms with E-state index in [1.54, 1.807) is 36.5 Å². The molecule has 0 unspecified atom stereocenters. The number of hydrogen-bond acceptors (Lipinski definition) is 6. The normalized spacial score (nSPS) is 10.4. The highest BCUT2D eigenvalue weighted by molar-refractivity contribution is 9.10. The summed E-state index contributed by atoms with van der Waals surface area (Å²) in [4.78, 5) is 19.4. The number of carbonyl (C=O) groups is 1. The average molecular weight is 473 g/mol. The van der Waals surface area contributed by atoms with Gasteiger partial charge in [-0.05, 0) is 46.3 Å². The molecule has 0 aliphatic carbocycles. The SMILES string of the molecule is COc1cc(C(=O)N(Cc2ccccn2)c2ccccc2O)c(Br)c(OC)c1OC. The first-order valence-electron chi connectivity index (χ1n) is 9.00. The van der Waals surface area contributed by atoms with Crippen LogP contribution in [0.1, 0.15) is 16.1 Å². The minimum atomic E-state index is -0.381. The molecule has 0 saturated heterocycles. The lowest BCUT2D eigenvalue weighted by Crippen LogP contribution is -2.31. The highest BCUT2D eigenvalue weighted by atomic mass is 79.9. The highest BCUT2D eigenvalue weighted by Crippen LogP contribution is 2.45. The summed E-state index contributed by atoms with van der Waals surface area (Å²) in [6.07, 6.45) is 1.65. The number of aromatic hydroxyl groups is 1. The van der Waals surface area contributed by atoms with Crippen molar-refractivity contribution in [3.8, 4) is 23.0 Å². The van der Waals surface area contributed by atoms with Crippen LogP contribution >= 0.6 is 15.9 Å². The maximum Gasteiger partial charge on any atom is 0.260 e. The lowest BCUT2D eigenvalue weighted by atomic mass is 10.1. The molecule has 0 saturated carbocycles. The number of para-hydroxylation sites is 2. The Labute approximate surface area is 183 Å². The van der Waals surface area contributed by atoms with E-state index in [0.717, 1.165) is 0 Å². The van der Waals surface area contributed by atoms with Gasteiger partial charge in [-0.2, -0.15) is 0 Å². The minimum absolute atomic E-state index is 0.0228. The first kappa shape index (κ1) is 21.4. The number of ether oxygens (including phenoxy) is 3. The molecule has 8 heteroatoms. The monoisotopic (exact) mass is 472 g/mol. The number of methoxy groups -OCH3 is 3. The van der Waals surface area contributed by atoms with Crippen molar-refractivity contribution in [2.75, 3.05) is 26.2 Å². The fourth-order valence-corrected chi connectivity index (χ4v) is 3.66. The van der Waals surface area contributed by atoms with Crippen molar-refractivity contribution >= 4 is 27.5 Å². The quantitative estimate of drug-likeness (QED) is 0.547. The largest absolute Gasteiger partial charge is 0.506 e. The van der Waals surface area contributed by atoms with E-state index in [4.69, 9.17) is 14.2 Å². The zero-order chi connectivity index (χ0) is 21.7. The fraction of sp³-hybridized carbons (Fsp3) is 0.182. The molecule has 0 aliphatic rings. The molecule has 1 N–H and O–H groups in total. The van der Waals surface area contributed by atoms with Crippen LogP contribution in [0.2, 0.25) is 0 Å². The van der Waals surface area contributed by atoms with Crippen LogP contribution in [0.5, 0.6) is 23.0 Å². The topological polar surface area (TPSA) is 81.1 Å². The third-order valence-electron chi connectivity index (χ3n) is 4.46. The van der Waals surface area contributed by atoms with Crippen molar-refractivity contribution in [1.82, 2.24) is 4.98 Å². The lowest BCUT2D eigenvalue weighted by Gasteiger charge is -2.25. The number of carbonyl (C=O) groups excluding carboxylic acids is 1. The van der Waals surface area contributed by atoms with Crippen molar-refractivity contribution in [2.24, 2.45) is 0 Å². The van der Waals surface area contributed by atoms with Crippen LogP contribution < -0.4 is 19.1 Å². The van der Waals surface area contributed by atoms with E-state index < -0.39 is 0 Å². The van der Waals surface area contributed by atoms with Crippen LogP contribution in [0, 0.1) is 0 Å². The van der Waals surface area contributed by atoms with Gasteiger partial charge in [0.2, 0.25) is 5.75 Å². The first-order chi connectivity index (χ1) is 14.5. The molecule has 7 nitrogen and oxygen atoms in total. The van der Waals surface area contributed by atoms with Gasteiger partial charge >= 0.3 is 0 Å². The maximum absolute atomic E-state index is 13.7. The van der Waals surface area contributed by atoms with E-state index in [1.165, 1.54) is 32.3 Å². The molecule has 3 rings (SSSR count). The van der Waals surface area contributed by atoms with Gasteiger partial charge in [-0.3, -0.25) is 14.7 Å². The molecule has 1 heterocycles. The second kappa shape index (κ2) is 9.49. The predicted octanol–water partition coefficient (Wildman–Crippen LogP) is 4.42. The Balaban J connectivity index is 2.15. The van der Waals surface area contributed by atoms with Gasteiger partial charge in [-0.1, -0.05) is 18.2 Å². The summed E-state index contributed by atoms with van der Waals surface area (Å²) in [5, 5.41) is 10.4. The van der Waals surface area contributed by atoms with E-state index in [1.807, 2.05) is 12.1 Å². The van der Waals surface area contributed by atoms with Crippen molar-refractivity contribution in [3.05, 3.63) is 70.5 Å². The summed E-state index contributed by atoms with van der Waals surface area (Å²) in [5.74, 6) is 0.632. The van der Waals surface area contributed by atoms with Crippen LogP contribution in [0.3, 0.4) is 0 Å². The van der Waals surface area contributed by atoms with Gasteiger partial charge in [-0.15, -0.1) is 0 Å². The predicted molar refractivity (Wildman–Crippen MR) is 117 cm³/mol.